The zero-order valence-electron chi connectivity index (χ0n) is 11.0. The van der Waals surface area contributed by atoms with E-state index in [1.54, 1.807) is 12.4 Å². The van der Waals surface area contributed by atoms with Gasteiger partial charge in [0, 0.05) is 27.3 Å². The third-order valence-corrected chi connectivity index (χ3v) is 4.14. The highest BCUT2D eigenvalue weighted by Gasteiger charge is 2.08. The Hall–Kier alpha value is -1.98. The topological polar surface area (TPSA) is 50.9 Å². The number of pyridine rings is 1. The molecule has 0 fully saturated rings. The summed E-state index contributed by atoms with van der Waals surface area (Å²) in [6.45, 7) is 0. The fraction of sp³-hybridized carbons (Fsp3) is 0. The molecule has 0 aliphatic rings. The molecule has 2 aromatic carbocycles. The van der Waals surface area contributed by atoms with Gasteiger partial charge in [-0.3, -0.25) is 4.98 Å². The molecule has 104 valence electrons. The predicted octanol–water partition coefficient (Wildman–Crippen LogP) is 4.38. The maximum Gasteiger partial charge on any atom is 0.106 e. The van der Waals surface area contributed by atoms with Crippen molar-refractivity contribution in [1.82, 2.24) is 4.98 Å². The van der Waals surface area contributed by atoms with Gasteiger partial charge in [-0.15, -0.1) is 0 Å². The molecule has 3 aromatic rings. The SMILES string of the molecule is NC(=S)c1ccncc1Nc1ccc(Br)c2ccccc12. The summed E-state index contributed by atoms with van der Waals surface area (Å²) in [6.07, 6.45) is 3.41. The zero-order valence-corrected chi connectivity index (χ0v) is 13.4. The summed E-state index contributed by atoms with van der Waals surface area (Å²) in [6, 6.07) is 14.0. The Bertz CT molecular complexity index is 833. The molecule has 0 atom stereocenters. The fourth-order valence-electron chi connectivity index (χ4n) is 2.23. The lowest BCUT2D eigenvalue weighted by Gasteiger charge is -2.13. The Morgan fingerprint density at radius 2 is 1.81 bits per heavy atom. The van der Waals surface area contributed by atoms with Gasteiger partial charge in [0.2, 0.25) is 0 Å². The average Bonchev–Trinajstić information content (AvgIpc) is 2.51. The van der Waals surface area contributed by atoms with Crippen molar-refractivity contribution in [2.45, 2.75) is 0 Å². The van der Waals surface area contributed by atoms with Crippen LogP contribution in [-0.4, -0.2) is 9.97 Å². The van der Waals surface area contributed by atoms with Crippen LogP contribution in [0.5, 0.6) is 0 Å². The van der Waals surface area contributed by atoms with Crippen LogP contribution in [0, 0.1) is 0 Å². The van der Waals surface area contributed by atoms with Gasteiger partial charge in [0.05, 0.1) is 11.9 Å². The van der Waals surface area contributed by atoms with Crippen molar-refractivity contribution in [1.29, 1.82) is 0 Å². The number of aromatic nitrogens is 1. The van der Waals surface area contributed by atoms with E-state index >= 15 is 0 Å². The maximum atomic E-state index is 5.76. The molecule has 3 nitrogen and oxygen atoms in total. The minimum absolute atomic E-state index is 0.348. The molecule has 1 aromatic heterocycles. The molecule has 0 spiro atoms. The fourth-order valence-corrected chi connectivity index (χ4v) is 2.88. The molecule has 5 heteroatoms. The van der Waals surface area contributed by atoms with Gasteiger partial charge in [0.15, 0.2) is 0 Å². The van der Waals surface area contributed by atoms with Crippen LogP contribution >= 0.6 is 28.1 Å². The lowest BCUT2D eigenvalue weighted by molar-refractivity contribution is 1.31. The molecule has 3 rings (SSSR count). The van der Waals surface area contributed by atoms with Crippen molar-refractivity contribution < 1.29 is 0 Å². The van der Waals surface area contributed by atoms with Gasteiger partial charge in [-0.25, -0.2) is 0 Å². The lowest BCUT2D eigenvalue weighted by atomic mass is 10.1. The first kappa shape index (κ1) is 14.0. The summed E-state index contributed by atoms with van der Waals surface area (Å²) >= 11 is 8.66. The smallest absolute Gasteiger partial charge is 0.106 e. The Balaban J connectivity index is 2.11. The van der Waals surface area contributed by atoms with Crippen molar-refractivity contribution in [3.8, 4) is 0 Å². The summed E-state index contributed by atoms with van der Waals surface area (Å²) in [5.74, 6) is 0. The third-order valence-electron chi connectivity index (χ3n) is 3.23. The van der Waals surface area contributed by atoms with Gasteiger partial charge in [-0.1, -0.05) is 52.4 Å². The Morgan fingerprint density at radius 1 is 1.05 bits per heavy atom. The van der Waals surface area contributed by atoms with E-state index in [0.717, 1.165) is 32.2 Å². The van der Waals surface area contributed by atoms with Crippen LogP contribution in [-0.2, 0) is 0 Å². The maximum absolute atomic E-state index is 5.76. The normalized spacial score (nSPS) is 10.5. The molecular weight excluding hydrogens is 346 g/mol. The molecule has 1 heterocycles. The largest absolute Gasteiger partial charge is 0.389 e. The zero-order chi connectivity index (χ0) is 14.8. The monoisotopic (exact) mass is 357 g/mol. The highest BCUT2D eigenvalue weighted by atomic mass is 79.9. The number of anilines is 2. The number of nitrogens with zero attached hydrogens (tertiary/aromatic N) is 1. The summed E-state index contributed by atoms with van der Waals surface area (Å²) in [4.78, 5) is 4.48. The molecule has 0 aliphatic carbocycles. The number of nitrogens with one attached hydrogen (secondary N) is 1. The molecule has 0 radical (unpaired) electrons. The van der Waals surface area contributed by atoms with Crippen LogP contribution in [0.1, 0.15) is 5.56 Å². The van der Waals surface area contributed by atoms with Crippen molar-refractivity contribution in [2.24, 2.45) is 5.73 Å². The standard InChI is InChI=1S/C16H12BrN3S/c17-13-5-6-14(11-4-2-1-3-10(11)13)20-15-9-19-8-7-12(15)16(18)21/h1-9,20H,(H2,18,21). The quantitative estimate of drug-likeness (QED) is 0.683. The van der Waals surface area contributed by atoms with Crippen LogP contribution in [0.2, 0.25) is 0 Å². The number of nitrogens with two attached hydrogens (primary N) is 1. The number of thiocarbonyl (C=S) groups is 1. The third kappa shape index (κ3) is 2.75. The van der Waals surface area contributed by atoms with E-state index in [9.17, 15) is 0 Å². The van der Waals surface area contributed by atoms with Gasteiger partial charge in [0.25, 0.3) is 0 Å². The minimum Gasteiger partial charge on any atom is -0.389 e. The van der Waals surface area contributed by atoms with Gasteiger partial charge < -0.3 is 11.1 Å². The first-order valence-corrected chi connectivity index (χ1v) is 7.55. The van der Waals surface area contributed by atoms with E-state index in [-0.39, 0.29) is 0 Å². The van der Waals surface area contributed by atoms with E-state index in [1.165, 1.54) is 0 Å². The molecule has 0 unspecified atom stereocenters. The summed E-state index contributed by atoms with van der Waals surface area (Å²) in [7, 11) is 0. The molecule has 0 saturated carbocycles. The van der Waals surface area contributed by atoms with Crippen LogP contribution < -0.4 is 11.1 Å². The van der Waals surface area contributed by atoms with Crippen LogP contribution in [0.4, 0.5) is 11.4 Å². The molecule has 0 bridgehead atoms. The molecule has 0 amide bonds. The molecule has 0 aliphatic heterocycles. The van der Waals surface area contributed by atoms with Crippen molar-refractivity contribution in [3.63, 3.8) is 0 Å². The van der Waals surface area contributed by atoms with E-state index in [4.69, 9.17) is 18.0 Å². The summed E-state index contributed by atoms with van der Waals surface area (Å²) < 4.78 is 1.06. The predicted molar refractivity (Wildman–Crippen MR) is 95.1 cm³/mol. The second-order valence-electron chi connectivity index (χ2n) is 4.55. The Kier molecular flexibility index (Phi) is 3.86. The van der Waals surface area contributed by atoms with Crippen LogP contribution in [0.3, 0.4) is 0 Å². The lowest BCUT2D eigenvalue weighted by Crippen LogP contribution is -2.12. The van der Waals surface area contributed by atoms with E-state index in [0.29, 0.717) is 4.99 Å². The molecule has 21 heavy (non-hydrogen) atoms. The number of hydrogen-bond donors (Lipinski definition) is 2. The number of fused-ring (bicyclic) bond motifs is 1. The number of benzene rings is 2. The van der Waals surface area contributed by atoms with Gasteiger partial charge in [-0.2, -0.15) is 0 Å². The van der Waals surface area contributed by atoms with Crippen molar-refractivity contribution >= 4 is 55.3 Å². The number of rotatable bonds is 3. The minimum atomic E-state index is 0.348. The molecular formula is C16H12BrN3S. The highest BCUT2D eigenvalue weighted by molar-refractivity contribution is 9.10. The van der Waals surface area contributed by atoms with Gasteiger partial charge >= 0.3 is 0 Å². The second-order valence-corrected chi connectivity index (χ2v) is 5.85. The first-order chi connectivity index (χ1) is 10.2. The summed E-state index contributed by atoms with van der Waals surface area (Å²) in [5, 5.41) is 5.63. The van der Waals surface area contributed by atoms with E-state index in [1.807, 2.05) is 30.3 Å². The van der Waals surface area contributed by atoms with Gasteiger partial charge in [-0.05, 0) is 23.6 Å². The summed E-state index contributed by atoms with van der Waals surface area (Å²) in [5.41, 5.74) is 8.33. The second kappa shape index (κ2) is 5.79. The van der Waals surface area contributed by atoms with Crippen molar-refractivity contribution in [3.05, 3.63) is 64.9 Å². The first-order valence-electron chi connectivity index (χ1n) is 6.35. The Morgan fingerprint density at radius 3 is 2.57 bits per heavy atom. The molecule has 0 saturated heterocycles. The number of halogens is 1. The van der Waals surface area contributed by atoms with Crippen LogP contribution in [0.25, 0.3) is 10.8 Å². The van der Waals surface area contributed by atoms with E-state index < -0.39 is 0 Å². The molecule has 3 N–H and O–H groups in total. The highest BCUT2D eigenvalue weighted by Crippen LogP contribution is 2.32. The average molecular weight is 358 g/mol. The van der Waals surface area contributed by atoms with Crippen LogP contribution in [0.15, 0.2) is 59.3 Å². The van der Waals surface area contributed by atoms with Gasteiger partial charge in [0.1, 0.15) is 4.99 Å². The number of hydrogen-bond acceptors (Lipinski definition) is 3. The van der Waals surface area contributed by atoms with E-state index in [2.05, 4.69) is 38.4 Å². The van der Waals surface area contributed by atoms with Crippen molar-refractivity contribution in [2.75, 3.05) is 5.32 Å². The Labute approximate surface area is 136 Å².